The Balaban J connectivity index is 1.32. The van der Waals surface area contributed by atoms with E-state index in [9.17, 15) is 0 Å². The third-order valence-electron chi connectivity index (χ3n) is 8.60. The zero-order valence-corrected chi connectivity index (χ0v) is 22.3. The van der Waals surface area contributed by atoms with Gasteiger partial charge in [0.2, 0.25) is 0 Å². The maximum absolute atomic E-state index is 4.80. The lowest BCUT2D eigenvalue weighted by Gasteiger charge is -2.16. The maximum atomic E-state index is 4.80. The fourth-order valence-electron chi connectivity index (χ4n) is 6.77. The van der Waals surface area contributed by atoms with Crippen molar-refractivity contribution in [3.8, 4) is 27.9 Å². The Hall–Kier alpha value is -5.47. The van der Waals surface area contributed by atoms with Gasteiger partial charge in [-0.25, -0.2) is 4.98 Å². The number of nitrogens with zero attached hydrogens (tertiary/aromatic N) is 2. The highest BCUT2D eigenvalue weighted by Crippen LogP contribution is 2.43. The molecule has 0 saturated carbocycles. The summed E-state index contributed by atoms with van der Waals surface area (Å²) in [5, 5.41) is 10.2. The van der Waals surface area contributed by atoms with Crippen molar-refractivity contribution in [1.82, 2.24) is 9.55 Å². The molecule has 0 bridgehead atoms. The molecule has 190 valence electrons. The molecule has 0 saturated heterocycles. The van der Waals surface area contributed by atoms with Gasteiger partial charge in [0.1, 0.15) is 5.65 Å². The second kappa shape index (κ2) is 8.51. The van der Waals surface area contributed by atoms with Crippen molar-refractivity contribution in [3.63, 3.8) is 0 Å². The Morgan fingerprint density at radius 3 is 1.78 bits per heavy atom. The second-order valence-electron chi connectivity index (χ2n) is 10.8. The molecule has 2 aromatic heterocycles. The molecule has 0 amide bonds. The highest BCUT2D eigenvalue weighted by atomic mass is 15.0. The third-order valence-corrected chi connectivity index (χ3v) is 8.60. The van der Waals surface area contributed by atoms with Gasteiger partial charge in [-0.05, 0) is 91.0 Å². The highest BCUT2D eigenvalue weighted by Gasteiger charge is 2.17. The van der Waals surface area contributed by atoms with Crippen LogP contribution in [0.1, 0.15) is 0 Å². The molecule has 9 aromatic rings. The molecule has 0 unspecified atom stereocenters. The van der Waals surface area contributed by atoms with Crippen LogP contribution in [-0.4, -0.2) is 9.55 Å². The van der Waals surface area contributed by atoms with Gasteiger partial charge in [0.25, 0.3) is 0 Å². The Bertz CT molecular complexity index is 2400. The van der Waals surface area contributed by atoms with Gasteiger partial charge < -0.3 is 0 Å². The largest absolute Gasteiger partial charge is 0.294 e. The van der Waals surface area contributed by atoms with Crippen LogP contribution in [0.3, 0.4) is 0 Å². The predicted octanol–water partition coefficient (Wildman–Crippen LogP) is 10.4. The standard InChI is InChI=1S/C39H24N2/c1-3-8-25(9-4-1)30-18-13-26-16-21-33-31(19-14-27-15-20-32(30)37(26)38(27)33)28-17-22-36-35(24-28)34-12-7-23-40-39(34)41(36)29-10-5-2-6-11-29/h1-24H. The van der Waals surface area contributed by atoms with Crippen molar-refractivity contribution in [2.24, 2.45) is 0 Å². The molecule has 0 aliphatic rings. The van der Waals surface area contributed by atoms with Gasteiger partial charge in [-0.1, -0.05) is 103 Å². The normalized spacial score (nSPS) is 11.9. The Morgan fingerprint density at radius 2 is 1.07 bits per heavy atom. The van der Waals surface area contributed by atoms with Gasteiger partial charge in [0, 0.05) is 22.7 Å². The summed E-state index contributed by atoms with van der Waals surface area (Å²) in [6.45, 7) is 0. The fraction of sp³-hybridized carbons (Fsp3) is 0. The lowest BCUT2D eigenvalue weighted by atomic mass is 9.87. The van der Waals surface area contributed by atoms with Crippen LogP contribution in [0, 0.1) is 0 Å². The molecule has 0 fully saturated rings. The monoisotopic (exact) mass is 520 g/mol. The van der Waals surface area contributed by atoms with E-state index in [1.54, 1.807) is 0 Å². The van der Waals surface area contributed by atoms with Gasteiger partial charge in [-0.3, -0.25) is 4.57 Å². The van der Waals surface area contributed by atoms with Gasteiger partial charge in [0.05, 0.1) is 5.52 Å². The number of pyridine rings is 1. The van der Waals surface area contributed by atoms with E-state index in [1.807, 2.05) is 12.3 Å². The van der Waals surface area contributed by atoms with Crippen LogP contribution in [0.4, 0.5) is 0 Å². The molecular formula is C39H24N2. The average Bonchev–Trinajstić information content (AvgIpc) is 3.38. The van der Waals surface area contributed by atoms with Gasteiger partial charge in [0.15, 0.2) is 0 Å². The van der Waals surface area contributed by atoms with E-state index in [0.717, 1.165) is 11.3 Å². The summed E-state index contributed by atoms with van der Waals surface area (Å²) < 4.78 is 2.27. The van der Waals surface area contributed by atoms with E-state index in [4.69, 9.17) is 4.98 Å². The average molecular weight is 521 g/mol. The lowest BCUT2D eigenvalue weighted by molar-refractivity contribution is 1.14. The number of para-hydroxylation sites is 1. The summed E-state index contributed by atoms with van der Waals surface area (Å²) in [7, 11) is 0. The van der Waals surface area contributed by atoms with Crippen molar-refractivity contribution >= 4 is 54.3 Å². The zero-order valence-electron chi connectivity index (χ0n) is 22.3. The van der Waals surface area contributed by atoms with Gasteiger partial charge in [-0.15, -0.1) is 0 Å². The molecule has 0 N–H and O–H groups in total. The first-order valence-corrected chi connectivity index (χ1v) is 14.1. The van der Waals surface area contributed by atoms with Crippen LogP contribution in [0.15, 0.2) is 146 Å². The Kier molecular flexibility index (Phi) is 4.64. The minimum atomic E-state index is 0.981. The summed E-state index contributed by atoms with van der Waals surface area (Å²) in [5.74, 6) is 0. The number of benzene rings is 7. The highest BCUT2D eigenvalue weighted by molar-refractivity contribution is 6.27. The Morgan fingerprint density at radius 1 is 0.439 bits per heavy atom. The van der Waals surface area contributed by atoms with Crippen molar-refractivity contribution in [2.75, 3.05) is 0 Å². The maximum Gasteiger partial charge on any atom is 0.145 e. The molecule has 0 spiro atoms. The van der Waals surface area contributed by atoms with E-state index in [-0.39, 0.29) is 0 Å². The van der Waals surface area contributed by atoms with Gasteiger partial charge >= 0.3 is 0 Å². The molecule has 2 heterocycles. The molecule has 0 atom stereocenters. The van der Waals surface area contributed by atoms with Crippen molar-refractivity contribution < 1.29 is 0 Å². The van der Waals surface area contributed by atoms with Crippen LogP contribution >= 0.6 is 0 Å². The second-order valence-corrected chi connectivity index (χ2v) is 10.8. The SMILES string of the molecule is c1ccc(-c2ccc3ccc4c(-c5ccc6c(c5)c5cccnc5n6-c5ccccc5)ccc5ccc2c3c54)cc1. The molecule has 7 aromatic carbocycles. The lowest BCUT2D eigenvalue weighted by Crippen LogP contribution is -1.94. The molecule has 2 heteroatoms. The van der Waals surface area contributed by atoms with Crippen LogP contribution < -0.4 is 0 Å². The number of rotatable bonds is 3. The van der Waals surface area contributed by atoms with Crippen LogP contribution in [0.2, 0.25) is 0 Å². The van der Waals surface area contributed by atoms with Crippen LogP contribution in [-0.2, 0) is 0 Å². The summed E-state index contributed by atoms with van der Waals surface area (Å²) in [5.41, 5.74) is 8.27. The van der Waals surface area contributed by atoms with E-state index in [2.05, 4.69) is 138 Å². The molecule has 0 aliphatic carbocycles. The summed E-state index contributed by atoms with van der Waals surface area (Å²) >= 11 is 0. The first kappa shape index (κ1) is 22.4. The molecular weight excluding hydrogens is 496 g/mol. The van der Waals surface area contributed by atoms with E-state index >= 15 is 0 Å². The molecule has 41 heavy (non-hydrogen) atoms. The number of aromatic nitrogens is 2. The summed E-state index contributed by atoms with van der Waals surface area (Å²) in [4.78, 5) is 4.80. The molecule has 0 aliphatic heterocycles. The third kappa shape index (κ3) is 3.22. The quantitative estimate of drug-likeness (QED) is 0.212. The Labute approximate surface area is 237 Å². The molecule has 0 radical (unpaired) electrons. The van der Waals surface area contributed by atoms with Crippen LogP contribution in [0.5, 0.6) is 0 Å². The zero-order chi connectivity index (χ0) is 26.9. The summed E-state index contributed by atoms with van der Waals surface area (Å²) in [6.07, 6.45) is 1.88. The topological polar surface area (TPSA) is 17.8 Å². The summed E-state index contributed by atoms with van der Waals surface area (Å²) in [6, 6.07) is 50.6. The van der Waals surface area contributed by atoms with Crippen molar-refractivity contribution in [3.05, 3.63) is 146 Å². The van der Waals surface area contributed by atoms with E-state index < -0.39 is 0 Å². The smallest absolute Gasteiger partial charge is 0.145 e. The van der Waals surface area contributed by atoms with Crippen molar-refractivity contribution in [2.45, 2.75) is 0 Å². The molecule has 9 rings (SSSR count). The van der Waals surface area contributed by atoms with E-state index in [1.165, 1.54) is 70.9 Å². The number of hydrogen-bond acceptors (Lipinski definition) is 1. The van der Waals surface area contributed by atoms with Crippen LogP contribution in [0.25, 0.3) is 82.2 Å². The van der Waals surface area contributed by atoms with Crippen molar-refractivity contribution in [1.29, 1.82) is 0 Å². The molecule has 2 nitrogen and oxygen atoms in total. The van der Waals surface area contributed by atoms with Gasteiger partial charge in [-0.2, -0.15) is 0 Å². The first-order valence-electron chi connectivity index (χ1n) is 14.1. The minimum absolute atomic E-state index is 0.981. The van der Waals surface area contributed by atoms with E-state index in [0.29, 0.717) is 0 Å². The fourth-order valence-corrected chi connectivity index (χ4v) is 6.77. The first-order chi connectivity index (χ1) is 20.3. The number of hydrogen-bond donors (Lipinski definition) is 0. The predicted molar refractivity (Wildman–Crippen MR) is 173 cm³/mol. The number of fused-ring (bicyclic) bond motifs is 3. The minimum Gasteiger partial charge on any atom is -0.294 e.